The fraction of sp³-hybridized carbons (Fsp3) is 0.643. The number of carbonyl (C=O) groups is 1. The van der Waals surface area contributed by atoms with E-state index >= 15 is 0 Å². The fourth-order valence-corrected chi connectivity index (χ4v) is 2.09. The van der Waals surface area contributed by atoms with Gasteiger partial charge in [0, 0.05) is 39.5 Å². The predicted molar refractivity (Wildman–Crippen MR) is 70.0 cm³/mol. The van der Waals surface area contributed by atoms with Gasteiger partial charge in [0.1, 0.15) is 0 Å². The molecular weight excluding hydrogens is 228 g/mol. The zero-order valence-corrected chi connectivity index (χ0v) is 11.2. The van der Waals surface area contributed by atoms with Crippen LogP contribution < -0.4 is 0 Å². The predicted octanol–water partition coefficient (Wildman–Crippen LogP) is 1.80. The Hall–Kier alpha value is -1.29. The summed E-state index contributed by atoms with van der Waals surface area (Å²) in [6.07, 6.45) is 7.39. The van der Waals surface area contributed by atoms with E-state index in [9.17, 15) is 9.90 Å². The van der Waals surface area contributed by atoms with E-state index in [1.165, 1.54) is 0 Å². The number of hydrogen-bond acceptors (Lipinski definition) is 2. The summed E-state index contributed by atoms with van der Waals surface area (Å²) in [5.41, 5.74) is 1.01. The Bertz CT molecular complexity index is 408. The molecule has 1 unspecified atom stereocenters. The van der Waals surface area contributed by atoms with Crippen LogP contribution in [-0.2, 0) is 11.3 Å². The lowest BCUT2D eigenvalue weighted by atomic mass is 10.1. The number of aliphatic hydroxyl groups is 1. The average Bonchev–Trinajstić information content (AvgIpc) is 3.08. The third kappa shape index (κ3) is 3.35. The second-order valence-electron chi connectivity index (χ2n) is 5.36. The van der Waals surface area contributed by atoms with Crippen molar-refractivity contribution in [1.29, 1.82) is 0 Å². The van der Waals surface area contributed by atoms with Crippen molar-refractivity contribution >= 4 is 5.91 Å². The molecule has 4 nitrogen and oxygen atoms in total. The van der Waals surface area contributed by atoms with Gasteiger partial charge in [0.2, 0.25) is 5.91 Å². The van der Waals surface area contributed by atoms with Crippen molar-refractivity contribution in [3.05, 3.63) is 24.0 Å². The number of aliphatic hydroxyl groups excluding tert-OH is 1. The van der Waals surface area contributed by atoms with Crippen LogP contribution in [0, 0.1) is 5.92 Å². The van der Waals surface area contributed by atoms with E-state index in [2.05, 4.69) is 4.57 Å². The molecule has 1 aliphatic carbocycles. The largest absolute Gasteiger partial charge is 0.388 e. The summed E-state index contributed by atoms with van der Waals surface area (Å²) in [5.74, 6) is 0.636. The van der Waals surface area contributed by atoms with Gasteiger partial charge in [-0.05, 0) is 36.8 Å². The molecule has 0 radical (unpaired) electrons. The van der Waals surface area contributed by atoms with Crippen LogP contribution in [0.2, 0.25) is 0 Å². The van der Waals surface area contributed by atoms with E-state index in [0.29, 0.717) is 12.3 Å². The number of aromatic nitrogens is 1. The van der Waals surface area contributed by atoms with Gasteiger partial charge in [0.15, 0.2) is 0 Å². The topological polar surface area (TPSA) is 45.5 Å². The molecular formula is C14H22N2O2. The number of amides is 1. The molecule has 0 bridgehead atoms. The van der Waals surface area contributed by atoms with Crippen molar-refractivity contribution < 1.29 is 9.90 Å². The Balaban J connectivity index is 1.78. The van der Waals surface area contributed by atoms with Crippen LogP contribution in [0.4, 0.5) is 0 Å². The maximum atomic E-state index is 11.4. The first-order valence-corrected chi connectivity index (χ1v) is 6.62. The number of aryl methyl sites for hydroxylation is 1. The molecule has 1 saturated carbocycles. The molecule has 1 heterocycles. The monoisotopic (exact) mass is 250 g/mol. The van der Waals surface area contributed by atoms with Gasteiger partial charge >= 0.3 is 0 Å². The molecule has 0 saturated heterocycles. The van der Waals surface area contributed by atoms with Gasteiger partial charge < -0.3 is 14.6 Å². The lowest BCUT2D eigenvalue weighted by Gasteiger charge is -2.10. The van der Waals surface area contributed by atoms with Gasteiger partial charge in [-0.3, -0.25) is 4.79 Å². The van der Waals surface area contributed by atoms with Crippen LogP contribution in [0.1, 0.15) is 37.4 Å². The van der Waals surface area contributed by atoms with Crippen molar-refractivity contribution in [3.8, 4) is 0 Å². The van der Waals surface area contributed by atoms with Gasteiger partial charge in [-0.1, -0.05) is 0 Å². The third-order valence-corrected chi connectivity index (χ3v) is 3.49. The first-order valence-electron chi connectivity index (χ1n) is 6.62. The van der Waals surface area contributed by atoms with Gasteiger partial charge in [-0.2, -0.15) is 0 Å². The van der Waals surface area contributed by atoms with Crippen LogP contribution in [-0.4, -0.2) is 34.6 Å². The van der Waals surface area contributed by atoms with Crippen molar-refractivity contribution in [1.82, 2.24) is 9.47 Å². The number of carbonyl (C=O) groups excluding carboxylic acids is 1. The van der Waals surface area contributed by atoms with E-state index in [-0.39, 0.29) is 12.0 Å². The van der Waals surface area contributed by atoms with Crippen LogP contribution >= 0.6 is 0 Å². The highest BCUT2D eigenvalue weighted by atomic mass is 16.3. The summed E-state index contributed by atoms with van der Waals surface area (Å²) < 4.78 is 2.06. The van der Waals surface area contributed by atoms with Gasteiger partial charge in [0.05, 0.1) is 6.10 Å². The Morgan fingerprint density at radius 3 is 2.89 bits per heavy atom. The highest BCUT2D eigenvalue weighted by Crippen LogP contribution is 2.40. The Morgan fingerprint density at radius 1 is 1.56 bits per heavy atom. The van der Waals surface area contributed by atoms with Crippen molar-refractivity contribution in [2.45, 2.75) is 38.3 Å². The summed E-state index contributed by atoms with van der Waals surface area (Å²) in [6.45, 7) is 0.830. The van der Waals surface area contributed by atoms with Crippen LogP contribution in [0.25, 0.3) is 0 Å². The van der Waals surface area contributed by atoms with E-state index in [1.807, 2.05) is 18.5 Å². The Kier molecular flexibility index (Phi) is 4.07. The highest BCUT2D eigenvalue weighted by Gasteiger charge is 2.31. The van der Waals surface area contributed by atoms with E-state index in [0.717, 1.165) is 31.4 Å². The molecule has 1 amide bonds. The van der Waals surface area contributed by atoms with Gasteiger partial charge in [0.25, 0.3) is 0 Å². The second-order valence-corrected chi connectivity index (χ2v) is 5.36. The van der Waals surface area contributed by atoms with Crippen molar-refractivity contribution in [2.75, 3.05) is 14.1 Å². The molecule has 1 aromatic heterocycles. The maximum Gasteiger partial charge on any atom is 0.222 e. The smallest absolute Gasteiger partial charge is 0.222 e. The summed E-state index contributed by atoms with van der Waals surface area (Å²) in [7, 11) is 3.56. The molecule has 0 aliphatic heterocycles. The van der Waals surface area contributed by atoms with E-state index in [1.54, 1.807) is 19.0 Å². The normalized spacial score (nSPS) is 16.6. The Labute approximate surface area is 108 Å². The summed E-state index contributed by atoms with van der Waals surface area (Å²) in [5, 5.41) is 9.99. The lowest BCUT2D eigenvalue weighted by Crippen LogP contribution is -2.21. The number of hydrogen-bond donors (Lipinski definition) is 1. The molecule has 4 heteroatoms. The molecule has 0 aromatic carbocycles. The molecule has 100 valence electrons. The minimum absolute atomic E-state index is 0.167. The molecule has 1 N–H and O–H groups in total. The average molecular weight is 250 g/mol. The van der Waals surface area contributed by atoms with Crippen molar-refractivity contribution in [2.24, 2.45) is 5.92 Å². The van der Waals surface area contributed by atoms with E-state index < -0.39 is 0 Å². The first kappa shape index (κ1) is 13.1. The summed E-state index contributed by atoms with van der Waals surface area (Å²) in [6, 6.07) is 1.98. The molecule has 2 rings (SSSR count). The zero-order valence-electron chi connectivity index (χ0n) is 11.2. The quantitative estimate of drug-likeness (QED) is 0.836. The number of nitrogens with zero attached hydrogens (tertiary/aromatic N) is 2. The van der Waals surface area contributed by atoms with Crippen LogP contribution in [0.15, 0.2) is 18.5 Å². The zero-order chi connectivity index (χ0) is 13.1. The maximum absolute atomic E-state index is 11.4. The summed E-state index contributed by atoms with van der Waals surface area (Å²) >= 11 is 0. The molecule has 0 spiro atoms. The lowest BCUT2D eigenvalue weighted by molar-refractivity contribution is -0.128. The molecule has 18 heavy (non-hydrogen) atoms. The molecule has 1 aliphatic rings. The van der Waals surface area contributed by atoms with Gasteiger partial charge in [-0.25, -0.2) is 0 Å². The standard InChI is InChI=1S/C14H22N2O2/c1-15(2)13(17)4-3-8-16-9-7-12(10-16)14(18)11-5-6-11/h7,9-11,14,18H,3-6,8H2,1-2H3. The Morgan fingerprint density at radius 2 is 2.28 bits per heavy atom. The summed E-state index contributed by atoms with van der Waals surface area (Å²) in [4.78, 5) is 13.0. The molecule has 1 atom stereocenters. The molecule has 1 aromatic rings. The molecule has 1 fully saturated rings. The SMILES string of the molecule is CN(C)C(=O)CCCn1ccc(C(O)C2CC2)c1. The fourth-order valence-electron chi connectivity index (χ4n) is 2.09. The van der Waals surface area contributed by atoms with Crippen LogP contribution in [0.5, 0.6) is 0 Å². The van der Waals surface area contributed by atoms with E-state index in [4.69, 9.17) is 0 Å². The minimum Gasteiger partial charge on any atom is -0.388 e. The second kappa shape index (κ2) is 5.57. The first-order chi connectivity index (χ1) is 8.58. The minimum atomic E-state index is -0.297. The number of rotatable bonds is 6. The highest BCUT2D eigenvalue weighted by molar-refractivity contribution is 5.75. The van der Waals surface area contributed by atoms with Gasteiger partial charge in [-0.15, -0.1) is 0 Å². The van der Waals surface area contributed by atoms with Crippen molar-refractivity contribution in [3.63, 3.8) is 0 Å². The third-order valence-electron chi connectivity index (χ3n) is 3.49. The van der Waals surface area contributed by atoms with Crippen LogP contribution in [0.3, 0.4) is 0 Å².